The fraction of sp³-hybridized carbons (Fsp3) is 0.471. The molecule has 0 unspecified atom stereocenters. The fourth-order valence-electron chi connectivity index (χ4n) is 3.16. The van der Waals surface area contributed by atoms with Gasteiger partial charge in [-0.3, -0.25) is 19.3 Å². The van der Waals surface area contributed by atoms with Crippen LogP contribution < -0.4 is 9.64 Å². The van der Waals surface area contributed by atoms with Crippen LogP contribution in [0.25, 0.3) is 0 Å². The van der Waals surface area contributed by atoms with Gasteiger partial charge in [-0.2, -0.15) is 0 Å². The zero-order chi connectivity index (χ0) is 17.3. The smallest absolute Gasteiger partial charge is 0.308 e. The first-order chi connectivity index (χ1) is 11.5. The lowest BCUT2D eigenvalue weighted by atomic mass is 9.98. The molecule has 0 radical (unpaired) electrons. The summed E-state index contributed by atoms with van der Waals surface area (Å²) in [7, 11) is 0. The van der Waals surface area contributed by atoms with E-state index in [1.165, 1.54) is 9.80 Å². The predicted octanol–water partition coefficient (Wildman–Crippen LogP) is 1.12. The molecule has 2 atom stereocenters. The Kier molecular flexibility index (Phi) is 4.42. The second kappa shape index (κ2) is 6.51. The molecule has 7 nitrogen and oxygen atoms in total. The van der Waals surface area contributed by atoms with Crippen LogP contribution in [0.1, 0.15) is 19.8 Å². The number of carbonyl (C=O) groups is 3. The Morgan fingerprint density at radius 2 is 2.08 bits per heavy atom. The second-order valence-electron chi connectivity index (χ2n) is 6.17. The van der Waals surface area contributed by atoms with E-state index >= 15 is 0 Å². The van der Waals surface area contributed by atoms with Crippen molar-refractivity contribution in [1.82, 2.24) is 4.90 Å². The van der Waals surface area contributed by atoms with Crippen LogP contribution in [-0.4, -0.2) is 53.5 Å². The average molecular weight is 332 g/mol. The van der Waals surface area contributed by atoms with Crippen molar-refractivity contribution in [2.75, 3.05) is 24.5 Å². The van der Waals surface area contributed by atoms with Crippen molar-refractivity contribution in [1.29, 1.82) is 0 Å². The zero-order valence-electron chi connectivity index (χ0n) is 13.5. The Morgan fingerprint density at radius 1 is 1.33 bits per heavy atom. The van der Waals surface area contributed by atoms with Gasteiger partial charge in [0, 0.05) is 13.1 Å². The number of amides is 2. The molecular weight excluding hydrogens is 312 g/mol. The van der Waals surface area contributed by atoms with E-state index < -0.39 is 18.0 Å². The number of aliphatic carboxylic acids is 1. The van der Waals surface area contributed by atoms with E-state index in [0.29, 0.717) is 30.8 Å². The Hall–Kier alpha value is -2.57. The summed E-state index contributed by atoms with van der Waals surface area (Å²) in [5.74, 6) is -1.35. The molecule has 1 aromatic rings. The molecule has 128 valence electrons. The largest absolute Gasteiger partial charge is 0.481 e. The summed E-state index contributed by atoms with van der Waals surface area (Å²) in [5.41, 5.74) is 0.570. The molecule has 1 N–H and O–H groups in total. The molecule has 7 heteroatoms. The summed E-state index contributed by atoms with van der Waals surface area (Å²) < 4.78 is 5.56. The number of carboxylic acids is 1. The zero-order valence-corrected chi connectivity index (χ0v) is 13.5. The van der Waals surface area contributed by atoms with E-state index in [2.05, 4.69) is 0 Å². The van der Waals surface area contributed by atoms with Crippen LogP contribution in [0.2, 0.25) is 0 Å². The Balaban J connectivity index is 1.76. The number of likely N-dealkylation sites (tertiary alicyclic amines) is 1. The standard InChI is InChI=1S/C17H20N2O5/c1-11-16(21)19(13-6-2-3-7-14(13)24-11)10-15(20)18-8-4-5-12(9-18)17(22)23/h2-3,6-7,11-12H,4-5,8-10H2,1H3,(H,22,23)/t11-,12+/m0/s1. The van der Waals surface area contributed by atoms with E-state index in [0.717, 1.165) is 0 Å². The van der Waals surface area contributed by atoms with Gasteiger partial charge < -0.3 is 14.7 Å². The fourth-order valence-corrected chi connectivity index (χ4v) is 3.16. The highest BCUT2D eigenvalue weighted by Gasteiger charge is 2.35. The van der Waals surface area contributed by atoms with Crippen LogP contribution in [0, 0.1) is 5.92 Å². The van der Waals surface area contributed by atoms with Gasteiger partial charge in [-0.1, -0.05) is 12.1 Å². The van der Waals surface area contributed by atoms with E-state index in [-0.39, 0.29) is 24.9 Å². The highest BCUT2D eigenvalue weighted by atomic mass is 16.5. The van der Waals surface area contributed by atoms with Gasteiger partial charge in [0.25, 0.3) is 5.91 Å². The molecule has 1 aromatic carbocycles. The van der Waals surface area contributed by atoms with Crippen LogP contribution in [0.4, 0.5) is 5.69 Å². The number of anilines is 1. The predicted molar refractivity (Wildman–Crippen MR) is 85.8 cm³/mol. The van der Waals surface area contributed by atoms with E-state index in [9.17, 15) is 14.4 Å². The van der Waals surface area contributed by atoms with Gasteiger partial charge in [0.2, 0.25) is 5.91 Å². The maximum absolute atomic E-state index is 12.6. The summed E-state index contributed by atoms with van der Waals surface area (Å²) in [5, 5.41) is 9.15. The SMILES string of the molecule is C[C@@H]1Oc2ccccc2N(CC(=O)N2CCC[C@@H](C(=O)O)C2)C1=O. The van der Waals surface area contributed by atoms with Crippen molar-refractivity contribution in [2.24, 2.45) is 5.92 Å². The lowest BCUT2D eigenvalue weighted by Gasteiger charge is -2.35. The van der Waals surface area contributed by atoms with Crippen molar-refractivity contribution >= 4 is 23.5 Å². The van der Waals surface area contributed by atoms with Crippen molar-refractivity contribution < 1.29 is 24.2 Å². The molecule has 2 heterocycles. The van der Waals surface area contributed by atoms with Gasteiger partial charge in [-0.25, -0.2) is 0 Å². The normalized spacial score (nSPS) is 23.5. The molecule has 24 heavy (non-hydrogen) atoms. The van der Waals surface area contributed by atoms with Crippen molar-refractivity contribution in [3.8, 4) is 5.75 Å². The van der Waals surface area contributed by atoms with E-state index in [1.54, 1.807) is 25.1 Å². The van der Waals surface area contributed by atoms with Crippen LogP contribution >= 0.6 is 0 Å². The number of fused-ring (bicyclic) bond motifs is 1. The summed E-state index contributed by atoms with van der Waals surface area (Å²) in [6.07, 6.45) is 0.586. The van der Waals surface area contributed by atoms with Crippen LogP contribution in [0.3, 0.4) is 0 Å². The summed E-state index contributed by atoms with van der Waals surface area (Å²) in [4.78, 5) is 39.1. The molecular formula is C17H20N2O5. The van der Waals surface area contributed by atoms with Crippen LogP contribution in [0.15, 0.2) is 24.3 Å². The molecule has 3 rings (SSSR count). The van der Waals surface area contributed by atoms with Gasteiger partial charge in [0.05, 0.1) is 11.6 Å². The monoisotopic (exact) mass is 332 g/mol. The number of hydrogen-bond donors (Lipinski definition) is 1. The number of piperidine rings is 1. The summed E-state index contributed by atoms with van der Waals surface area (Å²) >= 11 is 0. The number of rotatable bonds is 3. The topological polar surface area (TPSA) is 87.2 Å². The molecule has 2 aliphatic rings. The third-order valence-electron chi connectivity index (χ3n) is 4.49. The number of nitrogens with zero attached hydrogens (tertiary/aromatic N) is 2. The second-order valence-corrected chi connectivity index (χ2v) is 6.17. The number of benzene rings is 1. The first-order valence-corrected chi connectivity index (χ1v) is 8.05. The number of carbonyl (C=O) groups excluding carboxylic acids is 2. The number of carboxylic acid groups (broad SMARTS) is 1. The Labute approximate surface area is 139 Å². The summed E-state index contributed by atoms with van der Waals surface area (Å²) in [6, 6.07) is 7.09. The first kappa shape index (κ1) is 16.3. The lowest BCUT2D eigenvalue weighted by molar-refractivity contribution is -0.145. The van der Waals surface area contributed by atoms with Gasteiger partial charge >= 0.3 is 5.97 Å². The highest BCUT2D eigenvalue weighted by Crippen LogP contribution is 2.33. The average Bonchev–Trinajstić information content (AvgIpc) is 2.58. The number of para-hydroxylation sites is 2. The maximum atomic E-state index is 12.6. The minimum atomic E-state index is -0.881. The van der Waals surface area contributed by atoms with Gasteiger partial charge in [0.15, 0.2) is 6.10 Å². The third kappa shape index (κ3) is 3.06. The highest BCUT2D eigenvalue weighted by molar-refractivity contribution is 6.03. The third-order valence-corrected chi connectivity index (χ3v) is 4.49. The van der Waals surface area contributed by atoms with Crippen LogP contribution in [-0.2, 0) is 14.4 Å². The first-order valence-electron chi connectivity index (χ1n) is 8.05. The van der Waals surface area contributed by atoms with Crippen LogP contribution in [0.5, 0.6) is 5.75 Å². The van der Waals surface area contributed by atoms with E-state index in [1.807, 2.05) is 6.07 Å². The van der Waals surface area contributed by atoms with E-state index in [4.69, 9.17) is 9.84 Å². The number of ether oxygens (including phenoxy) is 1. The summed E-state index contributed by atoms with van der Waals surface area (Å²) in [6.45, 7) is 2.27. The number of hydrogen-bond acceptors (Lipinski definition) is 4. The molecule has 0 aliphatic carbocycles. The lowest BCUT2D eigenvalue weighted by Crippen LogP contribution is -2.51. The molecule has 1 saturated heterocycles. The Morgan fingerprint density at radius 3 is 2.83 bits per heavy atom. The minimum Gasteiger partial charge on any atom is -0.481 e. The van der Waals surface area contributed by atoms with Gasteiger partial charge in [0.1, 0.15) is 12.3 Å². The molecule has 0 bridgehead atoms. The molecule has 2 amide bonds. The molecule has 0 saturated carbocycles. The quantitative estimate of drug-likeness (QED) is 0.896. The van der Waals surface area contributed by atoms with Crippen molar-refractivity contribution in [2.45, 2.75) is 25.9 Å². The van der Waals surface area contributed by atoms with Crippen molar-refractivity contribution in [3.63, 3.8) is 0 Å². The molecule has 2 aliphatic heterocycles. The maximum Gasteiger partial charge on any atom is 0.308 e. The Bertz CT molecular complexity index is 675. The van der Waals surface area contributed by atoms with Gasteiger partial charge in [-0.05, 0) is 31.9 Å². The molecule has 0 spiro atoms. The molecule has 1 fully saturated rings. The van der Waals surface area contributed by atoms with Gasteiger partial charge in [-0.15, -0.1) is 0 Å². The van der Waals surface area contributed by atoms with Crippen molar-refractivity contribution in [3.05, 3.63) is 24.3 Å². The molecule has 0 aromatic heterocycles. The minimum absolute atomic E-state index is 0.101.